The molecule has 0 radical (unpaired) electrons. The number of aliphatic hydroxyl groups is 1. The van der Waals surface area contributed by atoms with Gasteiger partial charge in [-0.15, -0.1) is 11.3 Å². The van der Waals surface area contributed by atoms with Crippen LogP contribution in [0.25, 0.3) is 10.4 Å². The molecule has 372 valence electrons. The number of nitrogens with one attached hydrogen (secondary N) is 3. The molecule has 0 bridgehead atoms. The minimum Gasteiger partial charge on any atom is -0.489 e. The number of likely N-dealkylation sites (tertiary alicyclic amines) is 1. The summed E-state index contributed by atoms with van der Waals surface area (Å²) in [7, 11) is 0. The van der Waals surface area contributed by atoms with Gasteiger partial charge in [-0.2, -0.15) is 5.26 Å². The van der Waals surface area contributed by atoms with Crippen molar-refractivity contribution in [3.05, 3.63) is 129 Å². The summed E-state index contributed by atoms with van der Waals surface area (Å²) in [4.78, 5) is 74.8. The van der Waals surface area contributed by atoms with E-state index in [1.807, 2.05) is 65.0 Å². The van der Waals surface area contributed by atoms with E-state index in [1.54, 1.807) is 86.7 Å². The van der Waals surface area contributed by atoms with Gasteiger partial charge >= 0.3 is 0 Å². The lowest BCUT2D eigenvalue weighted by atomic mass is 9.49. The Morgan fingerprint density at radius 3 is 2.17 bits per heavy atom. The number of carbonyl (C=O) groups is 5. The Bertz CT molecular complexity index is 2820. The second-order valence-corrected chi connectivity index (χ2v) is 22.1. The number of ketones is 1. The Kier molecular flexibility index (Phi) is 15.5. The lowest BCUT2D eigenvalue weighted by molar-refractivity contribution is -0.164. The molecular formula is C55H61ClN6O8S. The molecule has 4 atom stereocenters. The topological polar surface area (TPSA) is 200 Å². The summed E-state index contributed by atoms with van der Waals surface area (Å²) in [5, 5.41) is 31.3. The van der Waals surface area contributed by atoms with E-state index < -0.39 is 52.2 Å². The minimum atomic E-state index is -1.04. The molecule has 1 saturated carbocycles. The van der Waals surface area contributed by atoms with E-state index in [9.17, 15) is 34.3 Å². The Labute approximate surface area is 424 Å². The molecule has 0 spiro atoms. The molecule has 0 unspecified atom stereocenters. The molecule has 4 amide bonds. The smallest absolute Gasteiger partial charge is 0.253 e. The first-order valence-corrected chi connectivity index (χ1v) is 24.9. The number of benzene rings is 3. The molecule has 7 rings (SSSR count). The summed E-state index contributed by atoms with van der Waals surface area (Å²) >= 11 is 7.91. The zero-order valence-corrected chi connectivity index (χ0v) is 43.0. The van der Waals surface area contributed by atoms with Crippen LogP contribution in [0.3, 0.4) is 0 Å². The number of β-amino-alcohol motifs (C(OH)–C–C–N with tert-alkyl or cyclic N) is 1. The first-order chi connectivity index (χ1) is 33.5. The van der Waals surface area contributed by atoms with E-state index in [2.05, 4.69) is 39.3 Å². The maximum atomic E-state index is 14.2. The normalized spacial score (nSPS) is 19.8. The highest BCUT2D eigenvalue weighted by Gasteiger charge is 2.64. The van der Waals surface area contributed by atoms with Crippen LogP contribution >= 0.6 is 22.9 Å². The molecule has 1 aliphatic heterocycles. The van der Waals surface area contributed by atoms with Crippen molar-refractivity contribution in [1.82, 2.24) is 25.8 Å². The van der Waals surface area contributed by atoms with Gasteiger partial charge in [0.25, 0.3) is 5.91 Å². The number of hydrogen-bond donors (Lipinski definition) is 4. The summed E-state index contributed by atoms with van der Waals surface area (Å²) in [5.41, 5.74) is 2.57. The maximum Gasteiger partial charge on any atom is 0.253 e. The van der Waals surface area contributed by atoms with E-state index in [0.717, 1.165) is 11.1 Å². The van der Waals surface area contributed by atoms with E-state index in [0.29, 0.717) is 33.2 Å². The second kappa shape index (κ2) is 21.0. The van der Waals surface area contributed by atoms with Gasteiger partial charge in [-0.25, -0.2) is 4.98 Å². The molecule has 5 aromatic rings. The van der Waals surface area contributed by atoms with E-state index in [-0.39, 0.29) is 61.6 Å². The second-order valence-electron chi connectivity index (χ2n) is 20.8. The molecule has 16 heteroatoms. The number of carbonyl (C=O) groups excluding carboxylic acids is 5. The van der Waals surface area contributed by atoms with Crippen molar-refractivity contribution < 1.29 is 38.6 Å². The molecular weight excluding hydrogens is 940 g/mol. The fraction of sp³-hybridized carbons (Fsp3) is 0.400. The third kappa shape index (κ3) is 11.6. The van der Waals surface area contributed by atoms with E-state index in [4.69, 9.17) is 21.1 Å². The number of amides is 4. The van der Waals surface area contributed by atoms with E-state index in [1.165, 1.54) is 21.5 Å². The van der Waals surface area contributed by atoms with Crippen molar-refractivity contribution in [2.45, 2.75) is 118 Å². The first kappa shape index (κ1) is 52.2. The fourth-order valence-electron chi connectivity index (χ4n) is 9.92. The molecule has 2 aromatic heterocycles. The predicted molar refractivity (Wildman–Crippen MR) is 272 cm³/mol. The van der Waals surface area contributed by atoms with Crippen LogP contribution in [0.15, 0.2) is 96.5 Å². The quantitative estimate of drug-likeness (QED) is 0.0691. The van der Waals surface area contributed by atoms with Crippen LogP contribution in [0, 0.1) is 34.5 Å². The van der Waals surface area contributed by atoms with Crippen LogP contribution in [0.1, 0.15) is 118 Å². The molecule has 14 nitrogen and oxygen atoms in total. The summed E-state index contributed by atoms with van der Waals surface area (Å²) in [6.45, 7) is 17.4. The van der Waals surface area contributed by atoms with Crippen molar-refractivity contribution in [3.8, 4) is 33.9 Å². The fourth-order valence-corrected chi connectivity index (χ4v) is 11.1. The number of ether oxygens (including phenoxy) is 2. The largest absolute Gasteiger partial charge is 0.489 e. The number of nitriles is 1. The van der Waals surface area contributed by atoms with Gasteiger partial charge in [0.2, 0.25) is 23.6 Å². The number of pyridine rings is 1. The zero-order chi connectivity index (χ0) is 51.6. The number of aliphatic hydroxyl groups excluding tert-OH is 1. The van der Waals surface area contributed by atoms with Crippen LogP contribution in [0.4, 0.5) is 0 Å². The van der Waals surface area contributed by atoms with Crippen molar-refractivity contribution in [1.29, 1.82) is 5.26 Å². The minimum absolute atomic E-state index is 0.0583. The van der Waals surface area contributed by atoms with Gasteiger partial charge in [-0.3, -0.25) is 24.0 Å². The SMILES string of the molecule is Cc1ccsc1-c1ccc([C@H](C)NC(=O)[C@@H]2C[C@@H](O)CN2C(=O)[C@@H](NC(=O)CCC(=O)c2ccc(Oc3ccc(C(=O)NC4C(C)(C)C(Oc5ccc(C#N)c(Cl)c5)C4(C)C)cn3)cc2)C(C)(C)C)cc1. The van der Waals surface area contributed by atoms with Crippen molar-refractivity contribution in [2.75, 3.05) is 6.54 Å². The highest BCUT2D eigenvalue weighted by atomic mass is 35.5. The van der Waals surface area contributed by atoms with Crippen molar-refractivity contribution >= 4 is 52.3 Å². The summed E-state index contributed by atoms with van der Waals surface area (Å²) < 4.78 is 12.2. The molecule has 2 aliphatic rings. The summed E-state index contributed by atoms with van der Waals surface area (Å²) in [5.74, 6) is -0.822. The zero-order valence-electron chi connectivity index (χ0n) is 41.5. The molecule has 71 heavy (non-hydrogen) atoms. The van der Waals surface area contributed by atoms with Crippen molar-refractivity contribution in [2.24, 2.45) is 16.2 Å². The lowest BCUT2D eigenvalue weighted by Crippen LogP contribution is -2.74. The van der Waals surface area contributed by atoms with Crippen LogP contribution in [-0.4, -0.2) is 81.3 Å². The average molecular weight is 1000 g/mol. The van der Waals surface area contributed by atoms with Crippen LogP contribution in [0.2, 0.25) is 5.02 Å². The summed E-state index contributed by atoms with van der Waals surface area (Å²) in [6, 6.07) is 24.0. The van der Waals surface area contributed by atoms with Gasteiger partial charge in [-0.1, -0.05) is 84.3 Å². The Morgan fingerprint density at radius 2 is 1.58 bits per heavy atom. The van der Waals surface area contributed by atoms with Gasteiger partial charge in [0, 0.05) is 71.4 Å². The molecule has 3 aromatic carbocycles. The maximum absolute atomic E-state index is 14.2. The number of aromatic nitrogens is 1. The first-order valence-electron chi connectivity index (χ1n) is 23.6. The van der Waals surface area contributed by atoms with E-state index >= 15 is 0 Å². The third-order valence-corrected chi connectivity index (χ3v) is 15.0. The predicted octanol–water partition coefficient (Wildman–Crippen LogP) is 9.38. The molecule has 4 N–H and O–H groups in total. The van der Waals surface area contributed by atoms with Crippen LogP contribution in [0.5, 0.6) is 17.4 Å². The number of halogens is 1. The van der Waals surface area contributed by atoms with Gasteiger partial charge in [-0.05, 0) is 89.9 Å². The molecule has 2 fully saturated rings. The van der Waals surface area contributed by atoms with Gasteiger partial charge < -0.3 is 35.4 Å². The standard InChI is InChI=1S/C55H61ClN6O8S/c1-31-24-25-71-46(31)35-12-10-33(11-13-35)32(2)59-49(67)42-26-38(63)30-62(42)50(68)47(53(3,4)5)60-44(65)22-21-43(64)34-14-18-39(19-15-34)69-45-23-17-37(29-58-45)48(66)61-51-54(6,7)52(55(51,8)9)70-40-20-16-36(28-57)41(56)27-40/h10-20,23-25,27,29,32,38,42,47,51-52,63H,21-22,26,30H2,1-9H3,(H,59,67)(H,60,65)(H,61,66)/t32-,38+,42-,47+,51?,52?/m0/s1. The third-order valence-electron chi connectivity index (χ3n) is 13.6. The number of Topliss-reactive ketones (excluding diaryl/α,β-unsaturated/α-hetero) is 1. The number of rotatable bonds is 16. The lowest BCUT2D eigenvalue weighted by Gasteiger charge is -2.63. The highest BCUT2D eigenvalue weighted by molar-refractivity contribution is 7.13. The van der Waals surface area contributed by atoms with Crippen LogP contribution < -0.4 is 25.4 Å². The highest BCUT2D eigenvalue weighted by Crippen LogP contribution is 2.55. The van der Waals surface area contributed by atoms with Crippen molar-refractivity contribution in [3.63, 3.8) is 0 Å². The monoisotopic (exact) mass is 1000 g/mol. The van der Waals surface area contributed by atoms with Gasteiger partial charge in [0.15, 0.2) is 5.78 Å². The van der Waals surface area contributed by atoms with Gasteiger partial charge in [0.1, 0.15) is 35.8 Å². The summed E-state index contributed by atoms with van der Waals surface area (Å²) in [6.07, 6.45) is -0.00946. The number of aryl methyl sites for hydroxylation is 1. The average Bonchev–Trinajstić information content (AvgIpc) is 3.95. The molecule has 1 aliphatic carbocycles. The number of thiophene rings is 1. The van der Waals surface area contributed by atoms with Gasteiger partial charge in [0.05, 0.1) is 28.3 Å². The number of nitrogens with zero attached hydrogens (tertiary/aromatic N) is 3. The Morgan fingerprint density at radius 1 is 0.915 bits per heavy atom. The van der Waals surface area contributed by atoms with Crippen LogP contribution in [-0.2, 0) is 14.4 Å². The Balaban J connectivity index is 0.884. The molecule has 1 saturated heterocycles. The number of hydrogen-bond acceptors (Lipinski definition) is 11. The Hall–Kier alpha value is -6.60. The molecule has 3 heterocycles.